The Bertz CT molecular complexity index is 471. The van der Waals surface area contributed by atoms with Crippen molar-refractivity contribution in [2.45, 2.75) is 25.7 Å². The molecule has 1 saturated carbocycles. The average molecular weight is 302 g/mol. The maximum Gasteiger partial charge on any atom is 0.255 e. The van der Waals surface area contributed by atoms with Gasteiger partial charge in [0.2, 0.25) is 0 Å². The zero-order chi connectivity index (χ0) is 13.9. The Hall–Kier alpha value is -0.930. The van der Waals surface area contributed by atoms with E-state index in [0.29, 0.717) is 17.4 Å². The Kier molecular flexibility index (Phi) is 4.58. The Morgan fingerprint density at radius 2 is 2.05 bits per heavy atom. The number of carbonyl (C=O) groups excluding carboxylic acids is 1. The van der Waals surface area contributed by atoms with Crippen LogP contribution >= 0.6 is 23.2 Å². The van der Waals surface area contributed by atoms with Gasteiger partial charge in [0.05, 0.1) is 5.56 Å². The number of amides is 1. The van der Waals surface area contributed by atoms with Crippen LogP contribution in [0, 0.1) is 5.41 Å². The van der Waals surface area contributed by atoms with E-state index in [-0.39, 0.29) is 22.6 Å². The molecule has 1 aliphatic carbocycles. The largest absolute Gasteiger partial charge is 0.507 e. The van der Waals surface area contributed by atoms with E-state index < -0.39 is 0 Å². The van der Waals surface area contributed by atoms with Gasteiger partial charge in [-0.25, -0.2) is 0 Å². The summed E-state index contributed by atoms with van der Waals surface area (Å²) in [5.74, 6) is 0.168. The molecule has 0 unspecified atom stereocenters. The number of hydrogen-bond donors (Lipinski definition) is 2. The van der Waals surface area contributed by atoms with Gasteiger partial charge in [-0.05, 0) is 31.0 Å². The molecule has 0 bridgehead atoms. The van der Waals surface area contributed by atoms with Crippen molar-refractivity contribution in [3.05, 3.63) is 28.8 Å². The van der Waals surface area contributed by atoms with Crippen molar-refractivity contribution in [2.24, 2.45) is 5.41 Å². The molecule has 1 amide bonds. The van der Waals surface area contributed by atoms with E-state index in [4.69, 9.17) is 23.2 Å². The molecule has 0 heterocycles. The fourth-order valence-electron chi connectivity index (χ4n) is 2.54. The van der Waals surface area contributed by atoms with E-state index in [1.54, 1.807) is 6.07 Å². The second-order valence-electron chi connectivity index (χ2n) is 5.18. The van der Waals surface area contributed by atoms with Crippen molar-refractivity contribution in [3.8, 4) is 5.75 Å². The summed E-state index contributed by atoms with van der Waals surface area (Å²) in [5, 5.41) is 13.0. The monoisotopic (exact) mass is 301 g/mol. The molecule has 0 radical (unpaired) electrons. The standard InChI is InChI=1S/C14H17Cl2NO2/c15-8-14(5-1-2-6-14)9-17-13(19)11-4-3-10(16)7-12(11)18/h3-4,7,18H,1-2,5-6,8-9H2,(H,17,19). The minimum Gasteiger partial charge on any atom is -0.507 e. The molecular formula is C14H17Cl2NO2. The van der Waals surface area contributed by atoms with Crippen LogP contribution in [0.15, 0.2) is 18.2 Å². The van der Waals surface area contributed by atoms with Crippen LogP contribution in [-0.4, -0.2) is 23.4 Å². The fourth-order valence-corrected chi connectivity index (χ4v) is 3.07. The number of hydrogen-bond acceptors (Lipinski definition) is 2. The van der Waals surface area contributed by atoms with Crippen LogP contribution in [0.25, 0.3) is 0 Å². The molecule has 104 valence electrons. The molecule has 0 aromatic heterocycles. The van der Waals surface area contributed by atoms with E-state index >= 15 is 0 Å². The van der Waals surface area contributed by atoms with Crippen LogP contribution < -0.4 is 5.32 Å². The molecule has 3 nitrogen and oxygen atoms in total. The summed E-state index contributed by atoms with van der Waals surface area (Å²) in [4.78, 5) is 12.0. The number of phenols is 1. The molecule has 0 spiro atoms. The number of alkyl halides is 1. The summed E-state index contributed by atoms with van der Waals surface area (Å²) in [6, 6.07) is 4.47. The zero-order valence-corrected chi connectivity index (χ0v) is 12.1. The smallest absolute Gasteiger partial charge is 0.255 e. The molecule has 1 aromatic carbocycles. The lowest BCUT2D eigenvalue weighted by Gasteiger charge is -2.26. The number of rotatable bonds is 4. The lowest BCUT2D eigenvalue weighted by Crippen LogP contribution is -2.37. The topological polar surface area (TPSA) is 49.3 Å². The second kappa shape index (κ2) is 6.02. The minimum atomic E-state index is -0.287. The third kappa shape index (κ3) is 3.34. The average Bonchev–Trinajstić information content (AvgIpc) is 2.85. The highest BCUT2D eigenvalue weighted by Gasteiger charge is 2.33. The number of nitrogens with one attached hydrogen (secondary N) is 1. The van der Waals surface area contributed by atoms with E-state index in [0.717, 1.165) is 25.7 Å². The van der Waals surface area contributed by atoms with E-state index in [9.17, 15) is 9.90 Å². The molecule has 2 N–H and O–H groups in total. The SMILES string of the molecule is O=C(NCC1(CCl)CCCC1)c1ccc(Cl)cc1O. The number of carbonyl (C=O) groups is 1. The molecule has 5 heteroatoms. The van der Waals surface area contributed by atoms with Crippen LogP contribution in [0.1, 0.15) is 36.0 Å². The predicted octanol–water partition coefficient (Wildman–Crippen LogP) is 3.57. The molecule has 1 aromatic rings. The van der Waals surface area contributed by atoms with Gasteiger partial charge < -0.3 is 10.4 Å². The van der Waals surface area contributed by atoms with Gasteiger partial charge in [-0.1, -0.05) is 24.4 Å². The van der Waals surface area contributed by atoms with Gasteiger partial charge in [0, 0.05) is 22.9 Å². The second-order valence-corrected chi connectivity index (χ2v) is 5.89. The number of phenolic OH excluding ortho intramolecular Hbond substituents is 1. The van der Waals surface area contributed by atoms with Crippen molar-refractivity contribution in [1.82, 2.24) is 5.32 Å². The van der Waals surface area contributed by atoms with Crippen LogP contribution in [-0.2, 0) is 0 Å². The summed E-state index contributed by atoms with van der Waals surface area (Å²) >= 11 is 11.8. The first-order valence-electron chi connectivity index (χ1n) is 6.39. The van der Waals surface area contributed by atoms with Gasteiger partial charge in [-0.15, -0.1) is 11.6 Å². The van der Waals surface area contributed by atoms with Crippen molar-refractivity contribution >= 4 is 29.1 Å². The molecule has 0 aliphatic heterocycles. The first-order chi connectivity index (χ1) is 9.06. The molecule has 0 saturated heterocycles. The molecule has 2 rings (SSSR count). The van der Waals surface area contributed by atoms with E-state index in [1.807, 2.05) is 0 Å². The summed E-state index contributed by atoms with van der Waals surface area (Å²) in [5.41, 5.74) is 0.256. The number of benzene rings is 1. The predicted molar refractivity (Wildman–Crippen MR) is 77.1 cm³/mol. The first-order valence-corrected chi connectivity index (χ1v) is 7.30. The van der Waals surface area contributed by atoms with Gasteiger partial charge in [0.1, 0.15) is 5.75 Å². The summed E-state index contributed by atoms with van der Waals surface area (Å²) in [6.07, 6.45) is 4.41. The van der Waals surface area contributed by atoms with Crippen molar-refractivity contribution in [3.63, 3.8) is 0 Å². The lowest BCUT2D eigenvalue weighted by molar-refractivity contribution is 0.0932. The number of aromatic hydroxyl groups is 1. The number of halogens is 2. The normalized spacial score (nSPS) is 17.4. The molecule has 19 heavy (non-hydrogen) atoms. The molecule has 1 aliphatic rings. The fraction of sp³-hybridized carbons (Fsp3) is 0.500. The van der Waals surface area contributed by atoms with Gasteiger partial charge in [0.15, 0.2) is 0 Å². The summed E-state index contributed by atoms with van der Waals surface area (Å²) in [7, 11) is 0. The maximum atomic E-state index is 12.0. The molecular weight excluding hydrogens is 285 g/mol. The van der Waals surface area contributed by atoms with Crippen LogP contribution in [0.5, 0.6) is 5.75 Å². The third-order valence-corrected chi connectivity index (χ3v) is 4.58. The highest BCUT2D eigenvalue weighted by molar-refractivity contribution is 6.30. The Labute approximate surface area is 122 Å². The van der Waals surface area contributed by atoms with Crippen molar-refractivity contribution < 1.29 is 9.90 Å². The molecule has 0 atom stereocenters. The Morgan fingerprint density at radius 1 is 1.37 bits per heavy atom. The van der Waals surface area contributed by atoms with Gasteiger partial charge in [-0.3, -0.25) is 4.79 Å². The lowest BCUT2D eigenvalue weighted by atomic mass is 9.88. The summed E-state index contributed by atoms with van der Waals surface area (Å²) < 4.78 is 0. The zero-order valence-electron chi connectivity index (χ0n) is 10.6. The van der Waals surface area contributed by atoms with E-state index in [2.05, 4.69) is 5.32 Å². The van der Waals surface area contributed by atoms with Gasteiger partial charge in [0.25, 0.3) is 5.91 Å². The van der Waals surface area contributed by atoms with E-state index in [1.165, 1.54) is 12.1 Å². The first kappa shape index (κ1) is 14.5. The van der Waals surface area contributed by atoms with Gasteiger partial charge in [-0.2, -0.15) is 0 Å². The highest BCUT2D eigenvalue weighted by Crippen LogP contribution is 2.38. The maximum absolute atomic E-state index is 12.0. The quantitative estimate of drug-likeness (QED) is 0.835. The van der Waals surface area contributed by atoms with Crippen LogP contribution in [0.3, 0.4) is 0 Å². The minimum absolute atomic E-state index is 0.0132. The Balaban J connectivity index is 2.01. The van der Waals surface area contributed by atoms with Gasteiger partial charge >= 0.3 is 0 Å². The Morgan fingerprint density at radius 3 is 2.63 bits per heavy atom. The van der Waals surface area contributed by atoms with Crippen molar-refractivity contribution in [1.29, 1.82) is 0 Å². The van der Waals surface area contributed by atoms with Crippen LogP contribution in [0.4, 0.5) is 0 Å². The summed E-state index contributed by atoms with van der Waals surface area (Å²) in [6.45, 7) is 0.553. The van der Waals surface area contributed by atoms with Crippen LogP contribution in [0.2, 0.25) is 5.02 Å². The highest BCUT2D eigenvalue weighted by atomic mass is 35.5. The third-order valence-electron chi connectivity index (χ3n) is 3.78. The molecule has 1 fully saturated rings. The van der Waals surface area contributed by atoms with Crippen molar-refractivity contribution in [2.75, 3.05) is 12.4 Å².